The highest BCUT2D eigenvalue weighted by Gasteiger charge is 2.28. The maximum Gasteiger partial charge on any atom is 0.264 e. The van der Waals surface area contributed by atoms with E-state index >= 15 is 0 Å². The summed E-state index contributed by atoms with van der Waals surface area (Å²) in [5.74, 6) is -0.401. The molecule has 0 unspecified atom stereocenters. The highest BCUT2D eigenvalue weighted by molar-refractivity contribution is 6.34. The van der Waals surface area contributed by atoms with Gasteiger partial charge < -0.3 is 14.4 Å². The zero-order valence-electron chi connectivity index (χ0n) is 14.4. The number of hydrogen-bond acceptors (Lipinski definition) is 4. The number of aromatic nitrogens is 1. The quantitative estimate of drug-likeness (QED) is 0.574. The van der Waals surface area contributed by atoms with Gasteiger partial charge in [0.2, 0.25) is 5.88 Å². The highest BCUT2D eigenvalue weighted by atomic mass is 35.5. The van der Waals surface area contributed by atoms with E-state index in [0.717, 1.165) is 12.3 Å². The molecule has 2 aromatic carbocycles. The Labute approximate surface area is 170 Å². The van der Waals surface area contributed by atoms with Crippen molar-refractivity contribution in [2.24, 2.45) is 0 Å². The third-order valence-corrected chi connectivity index (χ3v) is 4.67. The van der Waals surface area contributed by atoms with Crippen LogP contribution in [0.4, 0.5) is 10.1 Å². The lowest BCUT2D eigenvalue weighted by molar-refractivity contribution is 0.0973. The Kier molecular flexibility index (Phi) is 5.07. The van der Waals surface area contributed by atoms with Crippen LogP contribution in [0.5, 0.6) is 17.4 Å². The van der Waals surface area contributed by atoms with E-state index in [1.54, 1.807) is 30.3 Å². The summed E-state index contributed by atoms with van der Waals surface area (Å²) in [6.45, 7) is 0.630. The standard InChI is InChI=1S/C20H13Cl2FN2O3/c21-12-5-6-15(22)18(9-12)28-19-14(10-13(23)11-24-19)20(26)25-7-8-27-17-4-2-1-3-16(17)25/h1-6,9-11H,7-8H2. The molecule has 0 N–H and O–H groups in total. The Bertz CT molecular complexity index is 1060. The molecular weight excluding hydrogens is 406 g/mol. The van der Waals surface area contributed by atoms with Gasteiger partial charge in [0.15, 0.2) is 0 Å². The van der Waals surface area contributed by atoms with Crippen molar-refractivity contribution in [2.45, 2.75) is 0 Å². The largest absolute Gasteiger partial charge is 0.490 e. The molecule has 0 fully saturated rings. The van der Waals surface area contributed by atoms with Gasteiger partial charge >= 0.3 is 0 Å². The first-order chi connectivity index (χ1) is 13.5. The van der Waals surface area contributed by atoms with E-state index in [0.29, 0.717) is 29.6 Å². The Morgan fingerprint density at radius 3 is 2.86 bits per heavy atom. The average Bonchev–Trinajstić information content (AvgIpc) is 2.71. The minimum absolute atomic E-state index is 0.0345. The van der Waals surface area contributed by atoms with Crippen LogP contribution in [0.2, 0.25) is 10.0 Å². The molecule has 0 saturated carbocycles. The van der Waals surface area contributed by atoms with Crippen molar-refractivity contribution < 1.29 is 18.7 Å². The van der Waals surface area contributed by atoms with E-state index in [2.05, 4.69) is 4.98 Å². The lowest BCUT2D eigenvalue weighted by atomic mass is 10.1. The molecule has 3 aromatic rings. The minimum Gasteiger partial charge on any atom is -0.490 e. The van der Waals surface area contributed by atoms with E-state index < -0.39 is 11.7 Å². The summed E-state index contributed by atoms with van der Waals surface area (Å²) in [6, 6.07) is 12.9. The summed E-state index contributed by atoms with van der Waals surface area (Å²) in [4.78, 5) is 18.6. The smallest absolute Gasteiger partial charge is 0.264 e. The average molecular weight is 419 g/mol. The number of halogens is 3. The number of pyridine rings is 1. The Morgan fingerprint density at radius 1 is 1.18 bits per heavy atom. The van der Waals surface area contributed by atoms with Gasteiger partial charge in [-0.05, 0) is 30.3 Å². The molecule has 1 aliphatic rings. The number of carbonyl (C=O) groups excluding carboxylic acids is 1. The molecule has 0 aliphatic carbocycles. The number of benzene rings is 2. The van der Waals surface area contributed by atoms with E-state index in [1.165, 1.54) is 11.0 Å². The van der Waals surface area contributed by atoms with Gasteiger partial charge in [0.1, 0.15) is 29.5 Å². The van der Waals surface area contributed by atoms with Crippen LogP contribution in [-0.2, 0) is 0 Å². The third-order valence-electron chi connectivity index (χ3n) is 4.12. The number of rotatable bonds is 3. The number of ether oxygens (including phenoxy) is 2. The normalized spacial score (nSPS) is 12.9. The van der Waals surface area contributed by atoms with E-state index in [4.69, 9.17) is 32.7 Å². The summed E-state index contributed by atoms with van der Waals surface area (Å²) in [5, 5.41) is 0.683. The summed E-state index contributed by atoms with van der Waals surface area (Å²) in [7, 11) is 0. The van der Waals surface area contributed by atoms with Crippen LogP contribution in [0.1, 0.15) is 10.4 Å². The maximum atomic E-state index is 13.9. The fourth-order valence-corrected chi connectivity index (χ4v) is 3.16. The third kappa shape index (κ3) is 3.61. The van der Waals surface area contributed by atoms with Crippen LogP contribution < -0.4 is 14.4 Å². The summed E-state index contributed by atoms with van der Waals surface area (Å²) in [5.41, 5.74) is 0.558. The monoisotopic (exact) mass is 418 g/mol. The number of amides is 1. The molecule has 0 radical (unpaired) electrons. The molecular formula is C20H13Cl2FN2O3. The van der Waals surface area contributed by atoms with Gasteiger partial charge in [0.25, 0.3) is 5.91 Å². The van der Waals surface area contributed by atoms with Gasteiger partial charge in [-0.3, -0.25) is 4.79 Å². The Hall–Kier alpha value is -2.83. The van der Waals surface area contributed by atoms with Crippen LogP contribution in [0.25, 0.3) is 0 Å². The number of anilines is 1. The van der Waals surface area contributed by atoms with Gasteiger partial charge in [-0.15, -0.1) is 0 Å². The molecule has 8 heteroatoms. The van der Waals surface area contributed by atoms with E-state index in [1.807, 2.05) is 6.07 Å². The molecule has 1 amide bonds. The predicted molar refractivity (Wildman–Crippen MR) is 104 cm³/mol. The van der Waals surface area contributed by atoms with Crippen LogP contribution in [0.3, 0.4) is 0 Å². The van der Waals surface area contributed by atoms with Crippen molar-refractivity contribution in [3.8, 4) is 17.4 Å². The molecule has 0 spiro atoms. The highest BCUT2D eigenvalue weighted by Crippen LogP contribution is 2.35. The van der Waals surface area contributed by atoms with Crippen molar-refractivity contribution in [1.29, 1.82) is 0 Å². The molecule has 4 rings (SSSR count). The molecule has 0 atom stereocenters. The summed E-state index contributed by atoms with van der Waals surface area (Å²) >= 11 is 12.1. The van der Waals surface area contributed by atoms with Gasteiger partial charge in [0.05, 0.1) is 23.5 Å². The molecule has 0 saturated heterocycles. The minimum atomic E-state index is -0.658. The van der Waals surface area contributed by atoms with E-state index in [-0.39, 0.29) is 22.2 Å². The molecule has 2 heterocycles. The lowest BCUT2D eigenvalue weighted by Gasteiger charge is -2.29. The number of nitrogens with zero attached hydrogens (tertiary/aromatic N) is 2. The van der Waals surface area contributed by atoms with Crippen molar-refractivity contribution in [3.05, 3.63) is 76.2 Å². The van der Waals surface area contributed by atoms with Crippen molar-refractivity contribution >= 4 is 34.8 Å². The number of carbonyl (C=O) groups is 1. The SMILES string of the molecule is O=C(c1cc(F)cnc1Oc1cc(Cl)ccc1Cl)N1CCOc2ccccc21. The zero-order valence-corrected chi connectivity index (χ0v) is 15.9. The Balaban J connectivity index is 1.73. The Morgan fingerprint density at radius 2 is 2.00 bits per heavy atom. The van der Waals surface area contributed by atoms with Crippen molar-refractivity contribution in [1.82, 2.24) is 4.98 Å². The first-order valence-electron chi connectivity index (χ1n) is 8.35. The number of para-hydroxylation sites is 2. The molecule has 1 aliphatic heterocycles. The molecule has 142 valence electrons. The number of hydrogen-bond donors (Lipinski definition) is 0. The van der Waals surface area contributed by atoms with E-state index in [9.17, 15) is 9.18 Å². The van der Waals surface area contributed by atoms with Gasteiger partial charge in [-0.1, -0.05) is 35.3 Å². The maximum absolute atomic E-state index is 13.9. The second kappa shape index (κ2) is 7.66. The second-order valence-electron chi connectivity index (χ2n) is 5.96. The lowest BCUT2D eigenvalue weighted by Crippen LogP contribution is -2.38. The predicted octanol–water partition coefficient (Wildman–Crippen LogP) is 5.36. The second-order valence-corrected chi connectivity index (χ2v) is 6.80. The molecule has 1 aromatic heterocycles. The van der Waals surface area contributed by atoms with Crippen LogP contribution >= 0.6 is 23.2 Å². The van der Waals surface area contributed by atoms with Crippen LogP contribution in [0.15, 0.2) is 54.7 Å². The van der Waals surface area contributed by atoms with Gasteiger partial charge in [0, 0.05) is 11.1 Å². The fraction of sp³-hybridized carbons (Fsp3) is 0.100. The zero-order chi connectivity index (χ0) is 19.7. The van der Waals surface area contributed by atoms with Crippen molar-refractivity contribution in [2.75, 3.05) is 18.1 Å². The van der Waals surface area contributed by atoms with Gasteiger partial charge in [-0.25, -0.2) is 9.37 Å². The number of fused-ring (bicyclic) bond motifs is 1. The van der Waals surface area contributed by atoms with Gasteiger partial charge in [-0.2, -0.15) is 0 Å². The first-order valence-corrected chi connectivity index (χ1v) is 9.10. The van der Waals surface area contributed by atoms with Crippen molar-refractivity contribution in [3.63, 3.8) is 0 Å². The fourth-order valence-electron chi connectivity index (χ4n) is 2.85. The first kappa shape index (κ1) is 18.5. The van der Waals surface area contributed by atoms with Crippen LogP contribution in [-0.4, -0.2) is 24.0 Å². The molecule has 28 heavy (non-hydrogen) atoms. The topological polar surface area (TPSA) is 51.7 Å². The summed E-state index contributed by atoms with van der Waals surface area (Å²) < 4.78 is 25.2. The molecule has 5 nitrogen and oxygen atoms in total. The molecule has 0 bridgehead atoms. The summed E-state index contributed by atoms with van der Waals surface area (Å²) in [6.07, 6.45) is 0.970. The van der Waals surface area contributed by atoms with Crippen LogP contribution in [0, 0.1) is 5.82 Å².